The van der Waals surface area contributed by atoms with E-state index in [0.717, 1.165) is 16.0 Å². The molecule has 0 fully saturated rings. The average molecular weight is 361 g/mol. The molecule has 0 saturated heterocycles. The number of aromatic nitrogens is 1. The lowest BCUT2D eigenvalue weighted by atomic mass is 10.2. The van der Waals surface area contributed by atoms with Gasteiger partial charge in [0.25, 0.3) is 5.91 Å². The first-order chi connectivity index (χ1) is 11.2. The number of nitrogens with zero attached hydrogens (tertiary/aromatic N) is 1. The number of thiophene rings is 1. The lowest BCUT2D eigenvalue weighted by Gasteiger charge is -1.97. The predicted molar refractivity (Wildman–Crippen MR) is 94.6 cm³/mol. The lowest BCUT2D eigenvalue weighted by Crippen LogP contribution is -2.10. The minimum Gasteiger partial charge on any atom is -0.451 e. The van der Waals surface area contributed by atoms with Gasteiger partial charge in [0.2, 0.25) is 0 Å². The smallest absolute Gasteiger partial charge is 0.293 e. The Morgan fingerprint density at radius 1 is 1.22 bits per heavy atom. The molecule has 0 aliphatic rings. The van der Waals surface area contributed by atoms with Crippen LogP contribution in [0.2, 0.25) is 4.34 Å². The number of nitrogens with one attached hydrogen (secondary N) is 1. The van der Waals surface area contributed by atoms with E-state index >= 15 is 0 Å². The Labute approximate surface area is 144 Å². The molecule has 4 nitrogen and oxygen atoms in total. The van der Waals surface area contributed by atoms with Gasteiger partial charge in [-0.1, -0.05) is 29.8 Å². The minimum atomic E-state index is -0.314. The molecule has 0 aliphatic carbocycles. The van der Waals surface area contributed by atoms with Crippen molar-refractivity contribution in [2.45, 2.75) is 0 Å². The van der Waals surface area contributed by atoms with Gasteiger partial charge in [-0.3, -0.25) is 10.1 Å². The standard InChI is InChI=1S/C16H9ClN2O2S2/c17-14-6-5-13(23-14)10-8-22-16(18-10)19-15(20)12-7-9-3-1-2-4-11(9)21-12/h1-8H,(H,18,19,20). The fourth-order valence-electron chi connectivity index (χ4n) is 2.15. The summed E-state index contributed by atoms with van der Waals surface area (Å²) in [7, 11) is 0. The molecule has 0 unspecified atom stereocenters. The Bertz CT molecular complexity index is 969. The third-order valence-corrected chi connectivity index (χ3v) is 5.21. The first kappa shape index (κ1) is 14.4. The summed E-state index contributed by atoms with van der Waals surface area (Å²) in [6.07, 6.45) is 0. The summed E-state index contributed by atoms with van der Waals surface area (Å²) in [6, 6.07) is 13.0. The number of anilines is 1. The Morgan fingerprint density at radius 2 is 2.09 bits per heavy atom. The zero-order valence-corrected chi connectivity index (χ0v) is 14.0. The summed E-state index contributed by atoms with van der Waals surface area (Å²) in [6.45, 7) is 0. The highest BCUT2D eigenvalue weighted by molar-refractivity contribution is 7.20. The largest absolute Gasteiger partial charge is 0.451 e. The molecule has 0 spiro atoms. The number of thiazole rings is 1. The van der Waals surface area contributed by atoms with Crippen LogP contribution < -0.4 is 5.32 Å². The number of amides is 1. The maximum absolute atomic E-state index is 12.3. The maximum Gasteiger partial charge on any atom is 0.293 e. The van der Waals surface area contributed by atoms with Gasteiger partial charge in [0.05, 0.1) is 14.9 Å². The van der Waals surface area contributed by atoms with Gasteiger partial charge >= 0.3 is 0 Å². The van der Waals surface area contributed by atoms with Crippen LogP contribution in [0.25, 0.3) is 21.5 Å². The van der Waals surface area contributed by atoms with E-state index in [-0.39, 0.29) is 11.7 Å². The summed E-state index contributed by atoms with van der Waals surface area (Å²) < 4.78 is 6.26. The van der Waals surface area contributed by atoms with Crippen molar-refractivity contribution in [1.82, 2.24) is 4.98 Å². The summed E-state index contributed by atoms with van der Waals surface area (Å²) in [4.78, 5) is 17.7. The van der Waals surface area contributed by atoms with Gasteiger partial charge in [0.15, 0.2) is 10.9 Å². The quantitative estimate of drug-likeness (QED) is 0.523. The van der Waals surface area contributed by atoms with Crippen molar-refractivity contribution in [3.8, 4) is 10.6 Å². The molecule has 1 amide bonds. The first-order valence-corrected chi connectivity index (χ1v) is 8.77. The monoisotopic (exact) mass is 360 g/mol. The van der Waals surface area contributed by atoms with Crippen LogP contribution in [0, 0.1) is 0 Å². The van der Waals surface area contributed by atoms with E-state index in [2.05, 4.69) is 10.3 Å². The second kappa shape index (κ2) is 5.81. The molecular formula is C16H9ClN2O2S2. The highest BCUT2D eigenvalue weighted by atomic mass is 35.5. The number of carbonyl (C=O) groups excluding carboxylic acids is 1. The molecule has 114 valence electrons. The first-order valence-electron chi connectivity index (χ1n) is 6.70. The number of rotatable bonds is 3. The van der Waals surface area contributed by atoms with Crippen molar-refractivity contribution in [3.05, 3.63) is 57.9 Å². The van der Waals surface area contributed by atoms with Crippen LogP contribution in [-0.4, -0.2) is 10.9 Å². The number of hydrogen-bond acceptors (Lipinski definition) is 5. The Morgan fingerprint density at radius 3 is 2.87 bits per heavy atom. The van der Waals surface area contributed by atoms with Crippen LogP contribution in [0.15, 0.2) is 52.3 Å². The van der Waals surface area contributed by atoms with E-state index in [0.29, 0.717) is 15.1 Å². The van der Waals surface area contributed by atoms with Crippen molar-refractivity contribution in [3.63, 3.8) is 0 Å². The number of halogens is 1. The van der Waals surface area contributed by atoms with Gasteiger partial charge in [-0.05, 0) is 24.3 Å². The fourth-order valence-corrected chi connectivity index (χ4v) is 3.93. The maximum atomic E-state index is 12.3. The molecule has 0 atom stereocenters. The highest BCUT2D eigenvalue weighted by Crippen LogP contribution is 2.33. The number of hydrogen-bond donors (Lipinski definition) is 1. The van der Waals surface area contributed by atoms with E-state index in [1.807, 2.05) is 41.8 Å². The van der Waals surface area contributed by atoms with E-state index in [1.54, 1.807) is 6.07 Å². The van der Waals surface area contributed by atoms with Crippen LogP contribution in [0.3, 0.4) is 0 Å². The zero-order chi connectivity index (χ0) is 15.8. The molecule has 3 aromatic heterocycles. The number of para-hydroxylation sites is 1. The molecule has 0 bridgehead atoms. The number of carbonyl (C=O) groups is 1. The number of benzene rings is 1. The second-order valence-corrected chi connectivity index (χ2v) is 7.32. The van der Waals surface area contributed by atoms with Crippen molar-refractivity contribution in [2.24, 2.45) is 0 Å². The van der Waals surface area contributed by atoms with Crippen LogP contribution >= 0.6 is 34.3 Å². The minimum absolute atomic E-state index is 0.266. The summed E-state index contributed by atoms with van der Waals surface area (Å²) in [5.74, 6) is -0.0477. The molecule has 0 radical (unpaired) electrons. The van der Waals surface area contributed by atoms with Gasteiger partial charge in [-0.15, -0.1) is 22.7 Å². The fraction of sp³-hybridized carbons (Fsp3) is 0. The molecule has 4 aromatic rings. The van der Waals surface area contributed by atoms with E-state index in [4.69, 9.17) is 16.0 Å². The molecule has 3 heterocycles. The third-order valence-electron chi connectivity index (χ3n) is 3.20. The summed E-state index contributed by atoms with van der Waals surface area (Å²) >= 11 is 8.75. The van der Waals surface area contributed by atoms with Crippen LogP contribution in [0.1, 0.15) is 10.6 Å². The molecule has 0 aliphatic heterocycles. The van der Waals surface area contributed by atoms with Gasteiger partial charge < -0.3 is 4.42 Å². The molecular weight excluding hydrogens is 352 g/mol. The number of furan rings is 1. The summed E-state index contributed by atoms with van der Waals surface area (Å²) in [5, 5.41) is 6.07. The third kappa shape index (κ3) is 2.88. The van der Waals surface area contributed by atoms with Crippen LogP contribution in [-0.2, 0) is 0 Å². The van der Waals surface area contributed by atoms with Gasteiger partial charge in [0, 0.05) is 10.8 Å². The molecule has 0 saturated carbocycles. The van der Waals surface area contributed by atoms with E-state index < -0.39 is 0 Å². The predicted octanol–water partition coefficient (Wildman–Crippen LogP) is 5.52. The Hall–Kier alpha value is -2.15. The Balaban J connectivity index is 1.55. The molecule has 7 heteroatoms. The average Bonchev–Trinajstić information content (AvgIpc) is 3.25. The zero-order valence-electron chi connectivity index (χ0n) is 11.6. The summed E-state index contributed by atoms with van der Waals surface area (Å²) in [5.41, 5.74) is 1.48. The van der Waals surface area contributed by atoms with E-state index in [1.165, 1.54) is 22.7 Å². The lowest BCUT2D eigenvalue weighted by molar-refractivity contribution is 0.0998. The normalized spacial score (nSPS) is 11.0. The van der Waals surface area contributed by atoms with Crippen LogP contribution in [0.4, 0.5) is 5.13 Å². The molecule has 1 N–H and O–H groups in total. The second-order valence-electron chi connectivity index (χ2n) is 4.74. The highest BCUT2D eigenvalue weighted by Gasteiger charge is 2.15. The topological polar surface area (TPSA) is 55.1 Å². The molecule has 1 aromatic carbocycles. The van der Waals surface area contributed by atoms with Gasteiger partial charge in [0.1, 0.15) is 5.58 Å². The van der Waals surface area contributed by atoms with Crippen molar-refractivity contribution < 1.29 is 9.21 Å². The van der Waals surface area contributed by atoms with E-state index in [9.17, 15) is 4.79 Å². The Kier molecular flexibility index (Phi) is 3.65. The van der Waals surface area contributed by atoms with Crippen LogP contribution in [0.5, 0.6) is 0 Å². The van der Waals surface area contributed by atoms with Crippen molar-refractivity contribution in [1.29, 1.82) is 0 Å². The van der Waals surface area contributed by atoms with Crippen molar-refractivity contribution in [2.75, 3.05) is 5.32 Å². The van der Waals surface area contributed by atoms with Gasteiger partial charge in [-0.2, -0.15) is 0 Å². The van der Waals surface area contributed by atoms with Crippen molar-refractivity contribution >= 4 is 56.3 Å². The van der Waals surface area contributed by atoms with Gasteiger partial charge in [-0.25, -0.2) is 4.98 Å². The number of fused-ring (bicyclic) bond motifs is 1. The molecule has 23 heavy (non-hydrogen) atoms. The molecule has 4 rings (SSSR count). The SMILES string of the molecule is O=C(Nc1nc(-c2ccc(Cl)s2)cs1)c1cc2ccccc2o1.